The number of esters is 1. The van der Waals surface area contributed by atoms with Crippen molar-refractivity contribution in [3.8, 4) is 0 Å². The molecule has 1 heterocycles. The topological polar surface area (TPSA) is 35.5 Å². The second kappa shape index (κ2) is 2.95. The minimum absolute atomic E-state index is 0.0551. The summed E-state index contributed by atoms with van der Waals surface area (Å²) in [5.74, 6) is -0.302. The lowest BCUT2D eigenvalue weighted by atomic mass is 10.2. The van der Waals surface area contributed by atoms with Gasteiger partial charge in [0.05, 0.1) is 0 Å². The molecule has 0 amide bonds. The largest absolute Gasteiger partial charge is 0.430 e. The first kappa shape index (κ1) is 7.31. The maximum atomic E-state index is 10.7. The summed E-state index contributed by atoms with van der Waals surface area (Å²) in [7, 11) is 0. The fraction of sp³-hybridized carbons (Fsp3) is 0.222. The third-order valence-corrected chi connectivity index (χ3v) is 1.66. The molecule has 0 N–H and O–H groups in total. The average molecular weight is 164 g/mol. The predicted molar refractivity (Wildman–Crippen MR) is 41.2 cm³/mol. The van der Waals surface area contributed by atoms with Crippen LogP contribution in [0.25, 0.3) is 0 Å². The van der Waals surface area contributed by atoms with Gasteiger partial charge < -0.3 is 9.47 Å². The lowest BCUT2D eigenvalue weighted by Gasteiger charge is -2.06. The third-order valence-electron chi connectivity index (χ3n) is 1.66. The molecule has 0 aromatic heterocycles. The number of benzene rings is 1. The van der Waals surface area contributed by atoms with Crippen molar-refractivity contribution in [2.24, 2.45) is 0 Å². The number of cyclic esters (lactones) is 1. The molecule has 0 unspecified atom stereocenters. The van der Waals surface area contributed by atoms with Crippen molar-refractivity contribution in [3.63, 3.8) is 0 Å². The second-order valence-corrected chi connectivity index (χ2v) is 2.54. The first-order valence-electron chi connectivity index (χ1n) is 3.72. The maximum Gasteiger partial charge on any atom is 0.334 e. The molecule has 1 fully saturated rings. The fourth-order valence-electron chi connectivity index (χ4n) is 1.11. The molecule has 1 aliphatic rings. The lowest BCUT2D eigenvalue weighted by Crippen LogP contribution is -1.98. The van der Waals surface area contributed by atoms with Gasteiger partial charge in [0.25, 0.3) is 0 Å². The summed E-state index contributed by atoms with van der Waals surface area (Å²) < 4.78 is 9.97. The van der Waals surface area contributed by atoms with Crippen molar-refractivity contribution in [3.05, 3.63) is 35.9 Å². The normalized spacial score (nSPS) is 22.3. The Morgan fingerprint density at radius 3 is 2.58 bits per heavy atom. The summed E-state index contributed by atoms with van der Waals surface area (Å²) in [4.78, 5) is 10.7. The van der Waals surface area contributed by atoms with Crippen molar-refractivity contribution in [1.82, 2.24) is 0 Å². The highest BCUT2D eigenvalue weighted by Crippen LogP contribution is 2.22. The first-order chi connectivity index (χ1) is 5.86. The minimum Gasteiger partial charge on any atom is -0.430 e. The van der Waals surface area contributed by atoms with Crippen LogP contribution in [-0.4, -0.2) is 12.6 Å². The number of hydrogen-bond donors (Lipinski definition) is 0. The molecule has 1 aromatic rings. The zero-order valence-electron chi connectivity index (χ0n) is 6.40. The molecule has 1 atom stereocenters. The van der Waals surface area contributed by atoms with Gasteiger partial charge in [0.1, 0.15) is 6.61 Å². The SMILES string of the molecule is O=C1CO[C@@H](c2ccccc2)O1. The molecule has 2 rings (SSSR count). The molecule has 1 saturated heterocycles. The van der Waals surface area contributed by atoms with Crippen molar-refractivity contribution in [2.75, 3.05) is 6.61 Å². The van der Waals surface area contributed by atoms with Gasteiger partial charge in [-0.15, -0.1) is 0 Å². The highest BCUT2D eigenvalue weighted by molar-refractivity contribution is 5.72. The highest BCUT2D eigenvalue weighted by atomic mass is 16.7. The Labute approximate surface area is 69.9 Å². The van der Waals surface area contributed by atoms with Crippen LogP contribution in [0.5, 0.6) is 0 Å². The van der Waals surface area contributed by atoms with Gasteiger partial charge >= 0.3 is 5.97 Å². The van der Waals surface area contributed by atoms with Gasteiger partial charge in [-0.1, -0.05) is 30.3 Å². The molecule has 1 aromatic carbocycles. The Bertz CT molecular complexity index is 281. The first-order valence-corrected chi connectivity index (χ1v) is 3.72. The van der Waals surface area contributed by atoms with Gasteiger partial charge in [0.15, 0.2) is 0 Å². The van der Waals surface area contributed by atoms with Gasteiger partial charge in [-0.25, -0.2) is 4.79 Å². The predicted octanol–water partition coefficient (Wildman–Crippen LogP) is 1.26. The summed E-state index contributed by atoms with van der Waals surface area (Å²) in [5, 5.41) is 0. The van der Waals surface area contributed by atoms with E-state index in [0.29, 0.717) is 0 Å². The molecular weight excluding hydrogens is 156 g/mol. The monoisotopic (exact) mass is 164 g/mol. The van der Waals surface area contributed by atoms with E-state index in [0.717, 1.165) is 5.56 Å². The number of carbonyl (C=O) groups is 1. The summed E-state index contributed by atoms with van der Waals surface area (Å²) in [5.41, 5.74) is 0.878. The zero-order chi connectivity index (χ0) is 8.39. The van der Waals surface area contributed by atoms with Gasteiger partial charge in [0, 0.05) is 5.56 Å². The van der Waals surface area contributed by atoms with Crippen molar-refractivity contribution >= 4 is 5.97 Å². The van der Waals surface area contributed by atoms with Gasteiger partial charge in [0.2, 0.25) is 6.29 Å². The van der Waals surface area contributed by atoms with Crippen LogP contribution in [0.1, 0.15) is 11.9 Å². The van der Waals surface area contributed by atoms with Crippen LogP contribution in [0.15, 0.2) is 30.3 Å². The maximum absolute atomic E-state index is 10.7. The quantitative estimate of drug-likeness (QED) is 0.586. The number of ether oxygens (including phenoxy) is 2. The van der Waals surface area contributed by atoms with E-state index < -0.39 is 6.29 Å². The standard InChI is InChI=1S/C9H8O3/c10-8-6-11-9(12-8)7-4-2-1-3-5-7/h1-5,9H,6H2/t9-/m1/s1. The Kier molecular flexibility index (Phi) is 1.80. The molecule has 62 valence electrons. The van der Waals surface area contributed by atoms with Crippen LogP contribution in [0.2, 0.25) is 0 Å². The van der Waals surface area contributed by atoms with Gasteiger partial charge in [-0.2, -0.15) is 0 Å². The summed E-state index contributed by atoms with van der Waals surface area (Å²) >= 11 is 0. The average Bonchev–Trinajstić information content (AvgIpc) is 2.54. The molecule has 0 radical (unpaired) electrons. The van der Waals surface area contributed by atoms with Crippen LogP contribution >= 0.6 is 0 Å². The molecule has 0 aliphatic carbocycles. The van der Waals surface area contributed by atoms with E-state index in [2.05, 4.69) is 0 Å². The fourth-order valence-corrected chi connectivity index (χ4v) is 1.11. The number of hydrogen-bond acceptors (Lipinski definition) is 3. The van der Waals surface area contributed by atoms with Crippen LogP contribution in [-0.2, 0) is 14.3 Å². The Balaban J connectivity index is 2.16. The second-order valence-electron chi connectivity index (χ2n) is 2.54. The van der Waals surface area contributed by atoms with Crippen LogP contribution < -0.4 is 0 Å². The van der Waals surface area contributed by atoms with Crippen LogP contribution in [0.4, 0.5) is 0 Å². The smallest absolute Gasteiger partial charge is 0.334 e. The van der Waals surface area contributed by atoms with Crippen molar-refractivity contribution in [2.45, 2.75) is 6.29 Å². The summed E-state index contributed by atoms with van der Waals surface area (Å²) in [6.07, 6.45) is -0.501. The van der Waals surface area contributed by atoms with E-state index in [1.165, 1.54) is 0 Å². The molecule has 0 spiro atoms. The van der Waals surface area contributed by atoms with Crippen LogP contribution in [0, 0.1) is 0 Å². The van der Waals surface area contributed by atoms with E-state index in [1.807, 2.05) is 30.3 Å². The molecule has 12 heavy (non-hydrogen) atoms. The van der Waals surface area contributed by atoms with E-state index in [4.69, 9.17) is 9.47 Å². The lowest BCUT2D eigenvalue weighted by molar-refractivity contribution is -0.143. The molecular formula is C9H8O3. The molecule has 3 nitrogen and oxygen atoms in total. The Hall–Kier alpha value is -1.35. The minimum atomic E-state index is -0.501. The van der Waals surface area contributed by atoms with E-state index in [1.54, 1.807) is 0 Å². The zero-order valence-corrected chi connectivity index (χ0v) is 6.40. The molecule has 3 heteroatoms. The van der Waals surface area contributed by atoms with Crippen molar-refractivity contribution < 1.29 is 14.3 Å². The Morgan fingerprint density at radius 2 is 2.00 bits per heavy atom. The highest BCUT2D eigenvalue weighted by Gasteiger charge is 2.24. The molecule has 0 bridgehead atoms. The van der Waals surface area contributed by atoms with Gasteiger partial charge in [-0.3, -0.25) is 0 Å². The molecule has 0 saturated carbocycles. The Morgan fingerprint density at radius 1 is 1.25 bits per heavy atom. The summed E-state index contributed by atoms with van der Waals surface area (Å²) in [6.45, 7) is 0.0551. The van der Waals surface area contributed by atoms with E-state index >= 15 is 0 Å². The number of carbonyl (C=O) groups excluding carboxylic acids is 1. The summed E-state index contributed by atoms with van der Waals surface area (Å²) in [6, 6.07) is 9.39. The van der Waals surface area contributed by atoms with Gasteiger partial charge in [-0.05, 0) is 0 Å². The van der Waals surface area contributed by atoms with E-state index in [9.17, 15) is 4.79 Å². The molecule has 1 aliphatic heterocycles. The van der Waals surface area contributed by atoms with Crippen LogP contribution in [0.3, 0.4) is 0 Å². The van der Waals surface area contributed by atoms with E-state index in [-0.39, 0.29) is 12.6 Å². The number of rotatable bonds is 1. The van der Waals surface area contributed by atoms with Crippen molar-refractivity contribution in [1.29, 1.82) is 0 Å². The third kappa shape index (κ3) is 1.31.